The molecule has 4 rings (SSSR count). The minimum atomic E-state index is -0.344. The first kappa shape index (κ1) is 17.5. The lowest BCUT2D eigenvalue weighted by molar-refractivity contribution is 0.594. The Balaban J connectivity index is 1.54. The predicted octanol–water partition coefficient (Wildman–Crippen LogP) is 1.56. The van der Waals surface area contributed by atoms with Gasteiger partial charge in [0.05, 0.1) is 11.8 Å². The van der Waals surface area contributed by atoms with Gasteiger partial charge in [0, 0.05) is 31.8 Å². The third kappa shape index (κ3) is 3.03. The highest BCUT2D eigenvalue weighted by atomic mass is 32.2. The molecule has 138 valence electrons. The van der Waals surface area contributed by atoms with E-state index in [0.717, 1.165) is 21.7 Å². The third-order valence-corrected chi connectivity index (χ3v) is 5.56. The Bertz CT molecular complexity index is 1250. The first-order valence-corrected chi connectivity index (χ1v) is 9.50. The molecule has 0 atom stereocenters. The molecule has 0 saturated heterocycles. The molecule has 0 aliphatic heterocycles. The van der Waals surface area contributed by atoms with Crippen molar-refractivity contribution in [2.45, 2.75) is 18.0 Å². The molecule has 0 saturated carbocycles. The highest BCUT2D eigenvalue weighted by Gasteiger charge is 2.14. The summed E-state index contributed by atoms with van der Waals surface area (Å²) in [6.07, 6.45) is 3.77. The molecular formula is C18H18N6O2S. The average molecular weight is 382 g/mol. The van der Waals surface area contributed by atoms with Crippen LogP contribution in [-0.2, 0) is 20.6 Å². The Hall–Kier alpha value is -2.94. The summed E-state index contributed by atoms with van der Waals surface area (Å²) in [7, 11) is 3.39. The number of hydrogen-bond donors (Lipinski definition) is 0. The SMILES string of the molecule is Cn1cnc2c1c(=O)n(CCCSc1ncnc3ccccc13)c(=O)n2C. The van der Waals surface area contributed by atoms with E-state index in [1.165, 1.54) is 9.13 Å². The summed E-state index contributed by atoms with van der Waals surface area (Å²) >= 11 is 1.60. The number of rotatable bonds is 5. The Morgan fingerprint density at radius 1 is 1.07 bits per heavy atom. The van der Waals surface area contributed by atoms with Crippen molar-refractivity contribution in [3.8, 4) is 0 Å². The number of nitrogens with zero attached hydrogens (tertiary/aromatic N) is 6. The lowest BCUT2D eigenvalue weighted by Gasteiger charge is -2.09. The Labute approximate surface area is 158 Å². The Kier molecular flexibility index (Phi) is 4.53. The summed E-state index contributed by atoms with van der Waals surface area (Å²) < 4.78 is 4.35. The van der Waals surface area contributed by atoms with E-state index in [2.05, 4.69) is 15.0 Å². The number of para-hydroxylation sites is 1. The zero-order valence-electron chi connectivity index (χ0n) is 15.0. The first-order valence-electron chi connectivity index (χ1n) is 8.51. The monoisotopic (exact) mass is 382 g/mol. The summed E-state index contributed by atoms with van der Waals surface area (Å²) in [6, 6.07) is 7.85. The fourth-order valence-electron chi connectivity index (χ4n) is 3.08. The van der Waals surface area contributed by atoms with Crippen LogP contribution in [0, 0.1) is 0 Å². The smallest absolute Gasteiger partial charge is 0.328 e. The molecule has 0 bridgehead atoms. The summed E-state index contributed by atoms with van der Waals surface area (Å²) in [5.74, 6) is 0.736. The van der Waals surface area contributed by atoms with Gasteiger partial charge < -0.3 is 4.57 Å². The maximum Gasteiger partial charge on any atom is 0.332 e. The van der Waals surface area contributed by atoms with E-state index in [1.54, 1.807) is 43.1 Å². The molecule has 0 amide bonds. The summed E-state index contributed by atoms with van der Waals surface area (Å²) in [5, 5.41) is 1.91. The number of aryl methyl sites for hydroxylation is 2. The molecule has 0 unspecified atom stereocenters. The predicted molar refractivity (Wildman–Crippen MR) is 105 cm³/mol. The fourth-order valence-corrected chi connectivity index (χ4v) is 4.00. The van der Waals surface area contributed by atoms with E-state index >= 15 is 0 Å². The fraction of sp³-hybridized carbons (Fsp3) is 0.278. The van der Waals surface area contributed by atoms with E-state index in [1.807, 2.05) is 24.3 Å². The van der Waals surface area contributed by atoms with Gasteiger partial charge in [-0.25, -0.2) is 19.7 Å². The van der Waals surface area contributed by atoms with Crippen LogP contribution < -0.4 is 11.2 Å². The van der Waals surface area contributed by atoms with E-state index in [9.17, 15) is 9.59 Å². The molecule has 0 radical (unpaired) electrons. The maximum atomic E-state index is 12.7. The molecule has 0 aliphatic carbocycles. The summed E-state index contributed by atoms with van der Waals surface area (Å²) in [5.41, 5.74) is 1.10. The maximum absolute atomic E-state index is 12.7. The Morgan fingerprint density at radius 2 is 1.89 bits per heavy atom. The first-order chi connectivity index (χ1) is 13.1. The van der Waals surface area contributed by atoms with Crippen molar-refractivity contribution in [3.63, 3.8) is 0 Å². The molecule has 1 aromatic carbocycles. The number of imidazole rings is 1. The van der Waals surface area contributed by atoms with Crippen LogP contribution >= 0.6 is 11.8 Å². The van der Waals surface area contributed by atoms with Gasteiger partial charge in [0.15, 0.2) is 11.2 Å². The topological polar surface area (TPSA) is 87.6 Å². The van der Waals surface area contributed by atoms with Crippen LogP contribution in [0.2, 0.25) is 0 Å². The molecular weight excluding hydrogens is 364 g/mol. The van der Waals surface area contributed by atoms with Crippen LogP contribution in [0.5, 0.6) is 0 Å². The van der Waals surface area contributed by atoms with Gasteiger partial charge in [-0.15, -0.1) is 11.8 Å². The largest absolute Gasteiger partial charge is 0.332 e. The van der Waals surface area contributed by atoms with Crippen LogP contribution in [0.25, 0.3) is 22.1 Å². The van der Waals surface area contributed by atoms with Crippen LogP contribution in [0.3, 0.4) is 0 Å². The van der Waals surface area contributed by atoms with Crippen LogP contribution in [0.15, 0.2) is 51.5 Å². The number of aromatic nitrogens is 6. The van der Waals surface area contributed by atoms with Gasteiger partial charge in [0.2, 0.25) is 0 Å². The Morgan fingerprint density at radius 3 is 2.74 bits per heavy atom. The minimum Gasteiger partial charge on any atom is -0.328 e. The number of benzene rings is 1. The normalized spacial score (nSPS) is 11.5. The van der Waals surface area contributed by atoms with Crippen molar-refractivity contribution in [1.29, 1.82) is 0 Å². The molecule has 3 heterocycles. The van der Waals surface area contributed by atoms with Crippen LogP contribution in [0.1, 0.15) is 6.42 Å². The lowest BCUT2D eigenvalue weighted by atomic mass is 10.2. The van der Waals surface area contributed by atoms with Gasteiger partial charge in [-0.2, -0.15) is 0 Å². The molecule has 8 nitrogen and oxygen atoms in total. The molecule has 0 aliphatic rings. The zero-order valence-corrected chi connectivity index (χ0v) is 15.8. The molecule has 27 heavy (non-hydrogen) atoms. The van der Waals surface area contributed by atoms with Gasteiger partial charge in [0.25, 0.3) is 5.56 Å². The van der Waals surface area contributed by atoms with Crippen molar-refractivity contribution in [2.75, 3.05) is 5.75 Å². The van der Waals surface area contributed by atoms with E-state index in [4.69, 9.17) is 0 Å². The van der Waals surface area contributed by atoms with Crippen LogP contribution in [0.4, 0.5) is 0 Å². The van der Waals surface area contributed by atoms with Gasteiger partial charge in [0.1, 0.15) is 11.4 Å². The third-order valence-electron chi connectivity index (χ3n) is 4.47. The number of hydrogen-bond acceptors (Lipinski definition) is 6. The van der Waals surface area contributed by atoms with Gasteiger partial charge in [-0.1, -0.05) is 18.2 Å². The molecule has 9 heteroatoms. The van der Waals surface area contributed by atoms with E-state index < -0.39 is 0 Å². The molecule has 0 spiro atoms. The standard InChI is InChI=1S/C18H18N6O2S/c1-22-11-21-15-14(22)17(25)24(18(26)23(15)2)8-5-9-27-16-12-6-3-4-7-13(12)19-10-20-16/h3-4,6-7,10-11H,5,8-9H2,1-2H3. The second kappa shape index (κ2) is 6.99. The molecule has 4 aromatic rings. The zero-order chi connectivity index (χ0) is 19.0. The molecule has 0 fully saturated rings. The van der Waals surface area contributed by atoms with Crippen molar-refractivity contribution in [3.05, 3.63) is 57.8 Å². The minimum absolute atomic E-state index is 0.300. The number of thioether (sulfide) groups is 1. The lowest BCUT2D eigenvalue weighted by Crippen LogP contribution is -2.39. The second-order valence-electron chi connectivity index (χ2n) is 6.22. The summed E-state index contributed by atoms with van der Waals surface area (Å²) in [4.78, 5) is 37.9. The van der Waals surface area contributed by atoms with Crippen LogP contribution in [-0.4, -0.2) is 34.4 Å². The van der Waals surface area contributed by atoms with E-state index in [0.29, 0.717) is 24.1 Å². The van der Waals surface area contributed by atoms with Gasteiger partial charge in [-0.3, -0.25) is 13.9 Å². The van der Waals surface area contributed by atoms with Crippen molar-refractivity contribution in [1.82, 2.24) is 28.7 Å². The van der Waals surface area contributed by atoms with E-state index in [-0.39, 0.29) is 11.2 Å². The van der Waals surface area contributed by atoms with Gasteiger partial charge >= 0.3 is 5.69 Å². The van der Waals surface area contributed by atoms with Crippen molar-refractivity contribution in [2.24, 2.45) is 14.1 Å². The highest BCUT2D eigenvalue weighted by molar-refractivity contribution is 7.99. The highest BCUT2D eigenvalue weighted by Crippen LogP contribution is 2.24. The molecule has 0 N–H and O–H groups in total. The van der Waals surface area contributed by atoms with Crippen molar-refractivity contribution < 1.29 is 0 Å². The average Bonchev–Trinajstić information content (AvgIpc) is 3.07. The van der Waals surface area contributed by atoms with Crippen molar-refractivity contribution >= 4 is 33.8 Å². The number of fused-ring (bicyclic) bond motifs is 2. The van der Waals surface area contributed by atoms with Gasteiger partial charge in [-0.05, 0) is 12.5 Å². The quantitative estimate of drug-likeness (QED) is 0.296. The second-order valence-corrected chi connectivity index (χ2v) is 7.31. The molecule has 3 aromatic heterocycles. The summed E-state index contributed by atoms with van der Waals surface area (Å²) in [6.45, 7) is 0.350.